The standard InChI is InChI=1S/C27H29NO11/c1-10-22(31)13(28)6-17(38-10)39-15-8-27(36,16(30)9-29)7-12-19(15)26(35)21-20(24(12)33)23(32)11-4-3-5-14(37-2)18(11)25(21)34/h3-5,10,13,15,17,22,29,31,33,35-36H,6-9,28H2,1-2H3/t10-,13-,15-,17-,22-,27?/m0/s1. The van der Waals surface area contributed by atoms with E-state index in [4.69, 9.17) is 19.9 Å². The van der Waals surface area contributed by atoms with E-state index in [1.807, 2.05) is 0 Å². The third-order valence-corrected chi connectivity index (χ3v) is 7.81. The van der Waals surface area contributed by atoms with Crippen LogP contribution in [0.1, 0.15) is 68.8 Å². The number of carbonyl (C=O) groups is 3. The van der Waals surface area contributed by atoms with E-state index in [2.05, 4.69) is 0 Å². The SMILES string of the molecule is COc1cccc2c1C(=O)c1c(O)c3c(c(O)c1C2=O)CC(O)(C(=O)CO)C[C@@H]3O[C@H]1C[C@H](N)[C@@H](O)[C@H](C)O1. The summed E-state index contributed by atoms with van der Waals surface area (Å²) >= 11 is 0. The highest BCUT2D eigenvalue weighted by Crippen LogP contribution is 2.52. The Hall–Kier alpha value is -3.39. The number of phenols is 2. The molecule has 0 spiro atoms. The van der Waals surface area contributed by atoms with Crippen molar-refractivity contribution in [3.63, 3.8) is 0 Å². The van der Waals surface area contributed by atoms with Crippen LogP contribution >= 0.6 is 0 Å². The molecule has 12 heteroatoms. The number of methoxy groups -OCH3 is 1. The minimum Gasteiger partial charge on any atom is -0.507 e. The fraction of sp³-hybridized carbons (Fsp3) is 0.444. The van der Waals surface area contributed by atoms with Crippen LogP contribution in [0.3, 0.4) is 0 Å². The number of nitrogens with two attached hydrogens (primary N) is 1. The van der Waals surface area contributed by atoms with Gasteiger partial charge < -0.3 is 45.5 Å². The van der Waals surface area contributed by atoms with Crippen LogP contribution in [0.4, 0.5) is 0 Å². The fourth-order valence-electron chi connectivity index (χ4n) is 5.75. The first-order valence-corrected chi connectivity index (χ1v) is 12.4. The van der Waals surface area contributed by atoms with E-state index < -0.39 is 95.7 Å². The summed E-state index contributed by atoms with van der Waals surface area (Å²) in [5.41, 5.74) is 2.37. The fourth-order valence-corrected chi connectivity index (χ4v) is 5.75. The quantitative estimate of drug-likeness (QED) is 0.235. The van der Waals surface area contributed by atoms with E-state index in [-0.39, 0.29) is 34.4 Å². The number of rotatable bonds is 5. The Morgan fingerprint density at radius 2 is 1.85 bits per heavy atom. The lowest BCUT2D eigenvalue weighted by Crippen LogP contribution is -2.53. The van der Waals surface area contributed by atoms with Gasteiger partial charge in [-0.1, -0.05) is 12.1 Å². The average molecular weight is 544 g/mol. The Balaban J connectivity index is 1.69. The third-order valence-electron chi connectivity index (χ3n) is 7.81. The molecule has 7 N–H and O–H groups in total. The molecule has 0 aromatic heterocycles. The van der Waals surface area contributed by atoms with Crippen LogP contribution in [0.15, 0.2) is 18.2 Å². The molecule has 6 atom stereocenters. The summed E-state index contributed by atoms with van der Waals surface area (Å²) < 4.78 is 17.0. The van der Waals surface area contributed by atoms with Crippen LogP contribution in [-0.4, -0.2) is 86.7 Å². The number of aliphatic hydroxyl groups is 3. The molecule has 0 saturated carbocycles. The summed E-state index contributed by atoms with van der Waals surface area (Å²) in [6.07, 6.45) is -5.12. The smallest absolute Gasteiger partial charge is 0.202 e. The summed E-state index contributed by atoms with van der Waals surface area (Å²) in [6.45, 7) is 0.560. The molecule has 0 radical (unpaired) electrons. The molecule has 1 saturated heterocycles. The van der Waals surface area contributed by atoms with Gasteiger partial charge in [-0.2, -0.15) is 0 Å². The molecule has 0 amide bonds. The van der Waals surface area contributed by atoms with Gasteiger partial charge in [0.05, 0.1) is 42.1 Å². The summed E-state index contributed by atoms with van der Waals surface area (Å²) in [6, 6.07) is 3.64. The Morgan fingerprint density at radius 3 is 2.49 bits per heavy atom. The number of carbonyl (C=O) groups excluding carboxylic acids is 3. The van der Waals surface area contributed by atoms with Gasteiger partial charge >= 0.3 is 0 Å². The average Bonchev–Trinajstić information content (AvgIpc) is 2.90. The highest BCUT2D eigenvalue weighted by atomic mass is 16.7. The highest BCUT2D eigenvalue weighted by Gasteiger charge is 2.50. The van der Waals surface area contributed by atoms with E-state index in [0.29, 0.717) is 0 Å². The van der Waals surface area contributed by atoms with Gasteiger partial charge in [-0.05, 0) is 13.0 Å². The van der Waals surface area contributed by atoms with Gasteiger partial charge in [-0.3, -0.25) is 14.4 Å². The molecule has 2 aliphatic carbocycles. The number of aromatic hydroxyl groups is 2. The predicted molar refractivity (Wildman–Crippen MR) is 132 cm³/mol. The topological polar surface area (TPSA) is 206 Å². The molecule has 1 aliphatic heterocycles. The number of benzene rings is 2. The predicted octanol–water partition coefficient (Wildman–Crippen LogP) is 0.00130. The van der Waals surface area contributed by atoms with Crippen LogP contribution in [0.2, 0.25) is 0 Å². The maximum absolute atomic E-state index is 13.6. The van der Waals surface area contributed by atoms with Crippen LogP contribution in [-0.2, 0) is 20.7 Å². The summed E-state index contributed by atoms with van der Waals surface area (Å²) in [7, 11) is 1.32. The number of hydrogen-bond donors (Lipinski definition) is 6. The van der Waals surface area contributed by atoms with Crippen molar-refractivity contribution in [2.75, 3.05) is 13.7 Å². The zero-order valence-corrected chi connectivity index (χ0v) is 21.2. The Kier molecular flexibility index (Phi) is 6.74. The van der Waals surface area contributed by atoms with Crippen molar-refractivity contribution in [2.24, 2.45) is 5.73 Å². The van der Waals surface area contributed by atoms with Gasteiger partial charge in [0.1, 0.15) is 29.5 Å². The van der Waals surface area contributed by atoms with Crippen molar-refractivity contribution in [2.45, 2.75) is 62.4 Å². The number of aliphatic hydroxyl groups excluding tert-OH is 2. The molecule has 5 rings (SSSR count). The molecule has 2 aromatic carbocycles. The summed E-state index contributed by atoms with van der Waals surface area (Å²) in [5, 5.41) is 53.7. The van der Waals surface area contributed by atoms with Crippen molar-refractivity contribution in [3.05, 3.63) is 51.6 Å². The van der Waals surface area contributed by atoms with E-state index >= 15 is 0 Å². The minimum atomic E-state index is -2.24. The molecule has 12 nitrogen and oxygen atoms in total. The second kappa shape index (κ2) is 9.66. The summed E-state index contributed by atoms with van der Waals surface area (Å²) in [5.74, 6) is -3.77. The third kappa shape index (κ3) is 4.11. The molecule has 1 heterocycles. The molecule has 208 valence electrons. The molecule has 39 heavy (non-hydrogen) atoms. The van der Waals surface area contributed by atoms with Crippen molar-refractivity contribution in [3.8, 4) is 17.2 Å². The number of phenolic OH excluding ortho intramolecular Hbond substituents is 2. The lowest BCUT2D eigenvalue weighted by atomic mass is 9.72. The maximum atomic E-state index is 13.6. The first kappa shape index (κ1) is 27.2. The van der Waals surface area contributed by atoms with Gasteiger partial charge in [-0.25, -0.2) is 0 Å². The molecule has 1 fully saturated rings. The van der Waals surface area contributed by atoms with Gasteiger partial charge in [-0.15, -0.1) is 0 Å². The summed E-state index contributed by atoms with van der Waals surface area (Å²) in [4.78, 5) is 39.7. The zero-order valence-electron chi connectivity index (χ0n) is 21.2. The van der Waals surface area contributed by atoms with Gasteiger partial charge in [0.2, 0.25) is 5.78 Å². The number of fused-ring (bicyclic) bond motifs is 3. The van der Waals surface area contributed by atoms with Crippen molar-refractivity contribution < 1.29 is 54.1 Å². The number of ether oxygens (including phenoxy) is 3. The molecular formula is C27H29NO11. The molecule has 0 bridgehead atoms. The first-order chi connectivity index (χ1) is 18.4. The number of hydrogen-bond acceptors (Lipinski definition) is 12. The van der Waals surface area contributed by atoms with Crippen molar-refractivity contribution in [1.82, 2.24) is 0 Å². The van der Waals surface area contributed by atoms with Gasteiger partial charge in [0.15, 0.2) is 17.9 Å². The molecular weight excluding hydrogens is 514 g/mol. The first-order valence-electron chi connectivity index (χ1n) is 12.4. The van der Waals surface area contributed by atoms with E-state index in [1.165, 1.54) is 25.3 Å². The lowest BCUT2D eigenvalue weighted by Gasteiger charge is -2.42. The van der Waals surface area contributed by atoms with Gasteiger partial charge in [0, 0.05) is 42.0 Å². The normalized spacial score (nSPS) is 29.8. The van der Waals surface area contributed by atoms with Crippen LogP contribution < -0.4 is 10.5 Å². The van der Waals surface area contributed by atoms with E-state index in [9.17, 15) is 39.9 Å². The van der Waals surface area contributed by atoms with Crippen LogP contribution in [0.5, 0.6) is 17.2 Å². The van der Waals surface area contributed by atoms with E-state index in [1.54, 1.807) is 6.92 Å². The second-order valence-electron chi connectivity index (χ2n) is 10.2. The molecule has 1 unspecified atom stereocenters. The number of ketones is 3. The van der Waals surface area contributed by atoms with Crippen molar-refractivity contribution in [1.29, 1.82) is 0 Å². The minimum absolute atomic E-state index is 0.0173. The maximum Gasteiger partial charge on any atom is 0.202 e. The lowest BCUT2D eigenvalue weighted by molar-refractivity contribution is -0.247. The highest BCUT2D eigenvalue weighted by molar-refractivity contribution is 6.31. The van der Waals surface area contributed by atoms with Crippen LogP contribution in [0.25, 0.3) is 0 Å². The number of Topliss-reactive ketones (excluding diaryl/α,β-unsaturated/α-hetero) is 1. The van der Waals surface area contributed by atoms with Crippen LogP contribution in [0, 0.1) is 0 Å². The Bertz CT molecular complexity index is 1380. The van der Waals surface area contributed by atoms with Crippen molar-refractivity contribution >= 4 is 17.3 Å². The Morgan fingerprint density at radius 1 is 1.15 bits per heavy atom. The zero-order chi connectivity index (χ0) is 28.4. The largest absolute Gasteiger partial charge is 0.507 e. The Labute approximate surface area is 222 Å². The second-order valence-corrected chi connectivity index (χ2v) is 10.2. The van der Waals surface area contributed by atoms with E-state index in [0.717, 1.165) is 0 Å². The molecule has 2 aromatic rings. The monoisotopic (exact) mass is 543 g/mol. The van der Waals surface area contributed by atoms with Gasteiger partial charge in [0.25, 0.3) is 0 Å². The molecule has 3 aliphatic rings.